The first kappa shape index (κ1) is 103. The van der Waals surface area contributed by atoms with Crippen LogP contribution in [-0.4, -0.2) is 72.7 Å². The summed E-state index contributed by atoms with van der Waals surface area (Å²) in [4.78, 5) is 45.9. The third-order valence-electron chi connectivity index (χ3n) is 24.0. The van der Waals surface area contributed by atoms with Gasteiger partial charge in [-0.2, -0.15) is 0 Å². The average Bonchev–Trinajstić information content (AvgIpc) is 1.59. The van der Waals surface area contributed by atoms with Crippen LogP contribution < -0.4 is 0 Å². The third-order valence-corrected chi connectivity index (χ3v) is 24.0. The van der Waals surface area contributed by atoms with Gasteiger partial charge in [-0.25, -0.2) is 0 Å². The Morgan fingerprint density at radius 3 is 0.780 bits per heavy atom. The van der Waals surface area contributed by atoms with Crippen LogP contribution in [0.1, 0.15) is 119 Å². The van der Waals surface area contributed by atoms with E-state index >= 15 is 0 Å². The molecule has 0 spiro atoms. The van der Waals surface area contributed by atoms with Crippen LogP contribution in [-0.2, 0) is 101 Å². The van der Waals surface area contributed by atoms with E-state index in [1.165, 1.54) is 66.9 Å². The normalized spacial score (nSPS) is 11.0. The summed E-state index contributed by atoms with van der Waals surface area (Å²) >= 11 is 0. The first-order valence-corrected chi connectivity index (χ1v) is 45.3. The summed E-state index contributed by atoms with van der Waals surface area (Å²) in [6.07, 6.45) is 19.1. The molecule has 0 amide bonds. The number of aromatic nitrogens is 15. The number of fused-ring (bicyclic) bond motifs is 5. The first-order chi connectivity index (χ1) is 66.1. The Hall–Kier alpha value is -13.5. The predicted octanol–water partition coefficient (Wildman–Crippen LogP) is 28.3. The van der Waals surface area contributed by atoms with E-state index in [0.29, 0.717) is 41.3 Å². The average molecular weight is 2740 g/mol. The number of nitrogens with zero attached hydrogens (tertiary/aromatic N) is 15. The molecule has 0 saturated carbocycles. The van der Waals surface area contributed by atoms with Crippen LogP contribution in [0.15, 0.2) is 315 Å². The van der Waals surface area contributed by atoms with Crippen LogP contribution in [0.4, 0.5) is 0 Å². The van der Waals surface area contributed by atoms with Gasteiger partial charge in [-0.15, -0.1) is 60.7 Å². The monoisotopic (exact) mass is 2750 g/mol. The van der Waals surface area contributed by atoms with Crippen LogP contribution in [0.3, 0.4) is 0 Å². The van der Waals surface area contributed by atoms with Gasteiger partial charge in [0.25, 0.3) is 0 Å². The molecule has 5 radical (unpaired) electrons. The van der Waals surface area contributed by atoms with E-state index in [1.807, 2.05) is 169 Å². The van der Waals surface area contributed by atoms with Gasteiger partial charge in [-0.05, 0) is 139 Å². The molecule has 0 aliphatic heterocycles. The number of imidazole rings is 5. The van der Waals surface area contributed by atoms with Crippen molar-refractivity contribution < 1.29 is 123 Å². The zero-order valence-electron chi connectivity index (χ0n) is 80.3. The van der Waals surface area contributed by atoms with Crippen LogP contribution in [0, 0.1) is 113 Å². The maximum atomic E-state index is 5.77. The standard InChI is InChI=1S/C29H20N3O.C25H20N3O.C23H24N3O.C20H18N3O.C19H16N3O.5Ir/c1-20-31-27-25(16-9-17-26(27)33-20)29-30-18-19-32(29)28-23(21-10-4-2-5-11-21)14-8-15-24(28)22-12-6-3-7-13-22;1-16-14-20(19-8-5-4-6-9-19)15-17(2)24(16)28-13-12-26-25(28)21-10-7-11-22-23(21)27-18(3)29-22;1-14(2)17-8-6-9-18(15(3)4)22(17)26-13-12-24-23(26)19-10-7-11-20-21(19)25-16(5)27-20;1-12-10-13(2)19(14(3)11-12)23-9-8-21-20(23)16-6-5-7-17-18(16)22-15(4)24-17;1-12-6-4-7-13(2)18(12)22-11-10-20-19(22)15-8-5-9-16-17(15)21-14(3)23-16;;;;;/h2-15,17-19H,1H3;4-9,11-15H,1-3H3;6-9,11-15H,1-5H3;5,7-11H,1-4H3;4-7,9-11H,1-3H3;;;;;/q5*-1;;;;;. The summed E-state index contributed by atoms with van der Waals surface area (Å²) in [5.74, 6) is 8.07. The minimum absolute atomic E-state index is 0. The second-order valence-corrected chi connectivity index (χ2v) is 34.4. The van der Waals surface area contributed by atoms with Gasteiger partial charge in [0.15, 0.2) is 29.5 Å². The van der Waals surface area contributed by atoms with E-state index in [2.05, 4.69) is 326 Å². The van der Waals surface area contributed by atoms with Crippen LogP contribution >= 0.6 is 0 Å². The molecule has 10 aromatic heterocycles. The van der Waals surface area contributed by atoms with Crippen molar-refractivity contribution in [1.29, 1.82) is 0 Å². The van der Waals surface area contributed by atoms with E-state index in [4.69, 9.17) is 27.1 Å². The number of benzene rings is 13. The van der Waals surface area contributed by atoms with Gasteiger partial charge < -0.3 is 44.9 Å². The maximum Gasteiger partial charge on any atom is 0.180 e. The van der Waals surface area contributed by atoms with E-state index in [-0.39, 0.29) is 101 Å². The Kier molecular flexibility index (Phi) is 33.0. The van der Waals surface area contributed by atoms with E-state index in [0.717, 1.165) is 157 Å². The molecule has 717 valence electrons. The summed E-state index contributed by atoms with van der Waals surface area (Å²) in [5.41, 5.74) is 35.7. The molecule has 10 heterocycles. The maximum absolute atomic E-state index is 5.77. The third kappa shape index (κ3) is 21.1. The molecule has 141 heavy (non-hydrogen) atoms. The molecule has 0 aliphatic carbocycles. The first-order valence-electron chi connectivity index (χ1n) is 45.3. The molecule has 0 N–H and O–H groups in total. The second-order valence-electron chi connectivity index (χ2n) is 34.4. The van der Waals surface area contributed by atoms with Gasteiger partial charge in [0.1, 0.15) is 0 Å². The minimum Gasteiger partial charge on any atom is -0.461 e. The van der Waals surface area contributed by atoms with Crippen molar-refractivity contribution in [3.05, 3.63) is 402 Å². The summed E-state index contributed by atoms with van der Waals surface area (Å²) in [7, 11) is 0. The van der Waals surface area contributed by atoms with Crippen molar-refractivity contribution in [2.75, 3.05) is 0 Å². The summed E-state index contributed by atoms with van der Waals surface area (Å²) in [6.45, 7) is 33.1. The zero-order chi connectivity index (χ0) is 94.1. The molecule has 20 nitrogen and oxygen atoms in total. The molecule has 0 unspecified atom stereocenters. The molecular weight excluding hydrogens is 2640 g/mol. The largest absolute Gasteiger partial charge is 0.461 e. The fourth-order valence-electron chi connectivity index (χ4n) is 18.4. The summed E-state index contributed by atoms with van der Waals surface area (Å²) in [5, 5.41) is 0. The van der Waals surface area contributed by atoms with Gasteiger partial charge in [0.05, 0.1) is 62.7 Å². The SMILES string of the molecule is Cc1cc(C)c(-n2ccnc2-c2[c-]ccc3oc(C)nc23)c(C)c1.Cc1nc2c(-c3nccn3-c3c(-c4ccccc4)cccc3-c3ccccc3)[c-]ccc2o1.Cc1nc2c(-c3nccn3-c3c(C(C)C)cccc3C(C)C)[c-]ccc2o1.Cc1nc2c(-c3nccn3-c3c(C)cc(-c4ccccc4)cc3C)[c-]ccc2o1.Cc1nc2c(-c3nccn3-c3c(C)cccc3C)[c-]ccc2o1.[Ir].[Ir].[Ir].[Ir].[Ir]. The van der Waals surface area contributed by atoms with E-state index < -0.39 is 0 Å². The molecule has 23 aromatic rings. The number of aryl methyl sites for hydroxylation is 12. The number of para-hydroxylation sites is 3. The molecule has 0 aliphatic rings. The van der Waals surface area contributed by atoms with Gasteiger partial charge in [-0.1, -0.05) is 249 Å². The van der Waals surface area contributed by atoms with Crippen LogP contribution in [0.5, 0.6) is 0 Å². The van der Waals surface area contributed by atoms with Gasteiger partial charge in [0.2, 0.25) is 0 Å². The summed E-state index contributed by atoms with van der Waals surface area (Å²) < 4.78 is 39.1. The van der Waals surface area contributed by atoms with Crippen molar-refractivity contribution in [2.24, 2.45) is 0 Å². The number of hydrogen-bond donors (Lipinski definition) is 0. The topological polar surface area (TPSA) is 219 Å². The molecular formula is C116H98Ir5N15O5-5. The number of rotatable bonds is 15. The van der Waals surface area contributed by atoms with Crippen molar-refractivity contribution in [2.45, 2.75) is 123 Å². The Morgan fingerprint density at radius 2 is 0.489 bits per heavy atom. The Bertz CT molecular complexity index is 8170. The fourth-order valence-corrected chi connectivity index (χ4v) is 18.4. The fraction of sp³-hybridized carbons (Fsp3) is 0.155. The molecule has 25 heteroatoms. The molecule has 23 rings (SSSR count). The zero-order valence-corrected chi connectivity index (χ0v) is 92.3. The minimum atomic E-state index is 0. The van der Waals surface area contributed by atoms with Crippen LogP contribution in [0.2, 0.25) is 0 Å². The Labute approximate surface area is 886 Å². The smallest absolute Gasteiger partial charge is 0.180 e. The molecule has 13 aromatic carbocycles. The predicted molar refractivity (Wildman–Crippen MR) is 538 cm³/mol. The van der Waals surface area contributed by atoms with E-state index in [9.17, 15) is 0 Å². The van der Waals surface area contributed by atoms with E-state index in [1.54, 1.807) is 6.20 Å². The number of hydrogen-bond acceptors (Lipinski definition) is 15. The van der Waals surface area contributed by atoms with Gasteiger partial charge in [0, 0.05) is 259 Å². The Balaban J connectivity index is 0.000000140. The van der Waals surface area contributed by atoms with Crippen molar-refractivity contribution >= 4 is 55.5 Å². The Morgan fingerprint density at radius 1 is 0.241 bits per heavy atom. The van der Waals surface area contributed by atoms with Crippen molar-refractivity contribution in [3.63, 3.8) is 0 Å². The molecule has 0 saturated heterocycles. The van der Waals surface area contributed by atoms with Crippen LogP contribution in [0.25, 0.3) is 174 Å². The molecule has 0 fully saturated rings. The van der Waals surface area contributed by atoms with Crippen molar-refractivity contribution in [1.82, 2.24) is 72.7 Å². The quantitative estimate of drug-likeness (QED) is 0.0871. The second kappa shape index (κ2) is 45.0. The van der Waals surface area contributed by atoms with Gasteiger partial charge in [-0.3, -0.25) is 49.8 Å². The molecule has 0 bridgehead atoms. The molecule has 0 atom stereocenters. The summed E-state index contributed by atoms with van der Waals surface area (Å²) in [6, 6.07) is 94.7. The number of oxazole rings is 5. The van der Waals surface area contributed by atoms with Crippen molar-refractivity contribution in [3.8, 4) is 119 Å². The van der Waals surface area contributed by atoms with Gasteiger partial charge >= 0.3 is 0 Å².